The minimum Gasteiger partial charge on any atom is -0.494 e. The van der Waals surface area contributed by atoms with Crippen LogP contribution in [-0.4, -0.2) is 55.9 Å². The first-order chi connectivity index (χ1) is 15.4. The summed E-state index contributed by atoms with van der Waals surface area (Å²) in [6.45, 7) is 2.14. The number of benzene rings is 2. The monoisotopic (exact) mass is 468 g/mol. The number of aliphatic hydroxyl groups is 1. The van der Waals surface area contributed by atoms with Crippen LogP contribution in [0.25, 0.3) is 0 Å². The topological polar surface area (TPSA) is 106 Å². The summed E-state index contributed by atoms with van der Waals surface area (Å²) in [5, 5.41) is 15.0. The molecular formula is C22H26ClFN2O6. The summed E-state index contributed by atoms with van der Waals surface area (Å²) in [6.07, 6.45) is -0.627. The lowest BCUT2D eigenvalue weighted by Crippen LogP contribution is -2.37. The Morgan fingerprint density at radius 3 is 2.16 bits per heavy atom. The highest BCUT2D eigenvalue weighted by Gasteiger charge is 2.10. The van der Waals surface area contributed by atoms with Gasteiger partial charge in [-0.2, -0.15) is 0 Å². The predicted octanol–water partition coefficient (Wildman–Crippen LogP) is 2.32. The fourth-order valence-electron chi connectivity index (χ4n) is 2.48. The van der Waals surface area contributed by atoms with Crippen LogP contribution in [0, 0.1) is 5.82 Å². The van der Waals surface area contributed by atoms with E-state index in [9.17, 15) is 19.1 Å². The molecule has 0 unspecified atom stereocenters. The van der Waals surface area contributed by atoms with E-state index in [1.807, 2.05) is 6.92 Å². The van der Waals surface area contributed by atoms with Gasteiger partial charge in [0, 0.05) is 19.2 Å². The summed E-state index contributed by atoms with van der Waals surface area (Å²) in [5.41, 5.74) is 0. The Morgan fingerprint density at radius 2 is 1.53 bits per heavy atom. The number of halogens is 2. The molecule has 0 spiro atoms. The first-order valence-electron chi connectivity index (χ1n) is 10.0. The van der Waals surface area contributed by atoms with Gasteiger partial charge in [-0.3, -0.25) is 9.59 Å². The first-order valence-corrected chi connectivity index (χ1v) is 10.4. The molecular weight excluding hydrogens is 443 g/mol. The maximum Gasteiger partial charge on any atom is 0.258 e. The molecule has 1 atom stereocenters. The van der Waals surface area contributed by atoms with E-state index in [0.717, 1.165) is 6.07 Å². The van der Waals surface area contributed by atoms with Crippen LogP contribution in [-0.2, 0) is 9.59 Å². The van der Waals surface area contributed by atoms with Gasteiger partial charge in [-0.15, -0.1) is 0 Å². The zero-order valence-corrected chi connectivity index (χ0v) is 18.4. The van der Waals surface area contributed by atoms with Crippen molar-refractivity contribution in [3.05, 3.63) is 53.3 Å². The highest BCUT2D eigenvalue weighted by atomic mass is 35.5. The summed E-state index contributed by atoms with van der Waals surface area (Å²) in [7, 11) is 0. The molecule has 0 aliphatic heterocycles. The number of amides is 2. The molecule has 2 aromatic carbocycles. The molecule has 0 bridgehead atoms. The Balaban J connectivity index is 1.56. The molecule has 8 nitrogen and oxygen atoms in total. The van der Waals surface area contributed by atoms with Crippen LogP contribution in [0.5, 0.6) is 17.2 Å². The first kappa shape index (κ1) is 25.2. The minimum absolute atomic E-state index is 0.0158. The van der Waals surface area contributed by atoms with E-state index in [0.29, 0.717) is 18.1 Å². The molecule has 10 heteroatoms. The molecule has 0 aliphatic rings. The summed E-state index contributed by atoms with van der Waals surface area (Å²) >= 11 is 5.58. The van der Waals surface area contributed by atoms with Crippen molar-refractivity contribution >= 4 is 23.4 Å². The average molecular weight is 469 g/mol. The Labute approximate surface area is 190 Å². The molecule has 3 N–H and O–H groups in total. The van der Waals surface area contributed by atoms with Gasteiger partial charge < -0.3 is 30.0 Å². The van der Waals surface area contributed by atoms with Crippen LogP contribution >= 0.6 is 11.6 Å². The second-order valence-corrected chi connectivity index (χ2v) is 7.06. The van der Waals surface area contributed by atoms with Crippen LogP contribution in [0.2, 0.25) is 5.02 Å². The van der Waals surface area contributed by atoms with Crippen molar-refractivity contribution in [2.24, 2.45) is 0 Å². The molecule has 2 amide bonds. The minimum atomic E-state index is -0.851. The van der Waals surface area contributed by atoms with Gasteiger partial charge in [0.15, 0.2) is 13.2 Å². The lowest BCUT2D eigenvalue weighted by molar-refractivity contribution is -0.124. The maximum atomic E-state index is 13.3. The molecule has 2 aromatic rings. The van der Waals surface area contributed by atoms with Gasteiger partial charge in [0.25, 0.3) is 11.8 Å². The number of hydrogen-bond acceptors (Lipinski definition) is 6. The quantitative estimate of drug-likeness (QED) is 0.416. The van der Waals surface area contributed by atoms with E-state index >= 15 is 0 Å². The van der Waals surface area contributed by atoms with Crippen molar-refractivity contribution in [2.75, 3.05) is 32.9 Å². The van der Waals surface area contributed by atoms with E-state index in [2.05, 4.69) is 10.6 Å². The smallest absolute Gasteiger partial charge is 0.258 e. The van der Waals surface area contributed by atoms with Crippen LogP contribution in [0.3, 0.4) is 0 Å². The zero-order chi connectivity index (χ0) is 23.3. The van der Waals surface area contributed by atoms with Gasteiger partial charge in [-0.25, -0.2) is 4.39 Å². The fraction of sp³-hybridized carbons (Fsp3) is 0.364. The molecule has 174 valence electrons. The second-order valence-electron chi connectivity index (χ2n) is 6.65. The van der Waals surface area contributed by atoms with Gasteiger partial charge in [-0.05, 0) is 49.7 Å². The highest BCUT2D eigenvalue weighted by Crippen LogP contribution is 2.20. The van der Waals surface area contributed by atoms with Crippen LogP contribution in [0.1, 0.15) is 13.3 Å². The normalized spacial score (nSPS) is 11.4. The summed E-state index contributed by atoms with van der Waals surface area (Å²) < 4.78 is 29.2. The van der Waals surface area contributed by atoms with Crippen LogP contribution < -0.4 is 24.8 Å². The predicted molar refractivity (Wildman–Crippen MR) is 117 cm³/mol. The van der Waals surface area contributed by atoms with E-state index in [1.165, 1.54) is 12.1 Å². The van der Waals surface area contributed by atoms with Gasteiger partial charge in [-0.1, -0.05) is 11.6 Å². The zero-order valence-electron chi connectivity index (χ0n) is 17.6. The van der Waals surface area contributed by atoms with Crippen molar-refractivity contribution in [3.8, 4) is 17.2 Å². The van der Waals surface area contributed by atoms with Gasteiger partial charge in [0.2, 0.25) is 0 Å². The number of nitrogens with one attached hydrogen (secondary N) is 2. The molecule has 0 saturated heterocycles. The molecule has 0 aromatic heterocycles. The fourth-order valence-corrected chi connectivity index (χ4v) is 2.59. The Hall–Kier alpha value is -3.04. The Bertz CT molecular complexity index is 881. The lowest BCUT2D eigenvalue weighted by Gasteiger charge is -2.13. The third-order valence-electron chi connectivity index (χ3n) is 4.10. The van der Waals surface area contributed by atoms with E-state index in [-0.39, 0.29) is 49.4 Å². The number of carbonyl (C=O) groups is 2. The molecule has 0 saturated carbocycles. The lowest BCUT2D eigenvalue weighted by atomic mass is 10.2. The Kier molecular flexibility index (Phi) is 10.6. The standard InChI is InChI=1S/C22H26ClFN2O6/c1-2-30-16-3-5-17(6-4-16)31-14-22(29)26-12-15(27)9-10-25-21(28)13-32-18-7-8-19(23)20(24)11-18/h3-8,11,15,27H,2,9-10,12-14H2,1H3,(H,25,28)(H,26,29)/t15-/m0/s1. The molecule has 0 fully saturated rings. The van der Waals surface area contributed by atoms with E-state index in [1.54, 1.807) is 24.3 Å². The van der Waals surface area contributed by atoms with Crippen LogP contribution in [0.4, 0.5) is 4.39 Å². The summed E-state index contributed by atoms with van der Waals surface area (Å²) in [5.74, 6) is -0.0387. The number of carbonyl (C=O) groups excluding carboxylic acids is 2. The van der Waals surface area contributed by atoms with E-state index in [4.69, 9.17) is 25.8 Å². The van der Waals surface area contributed by atoms with Crippen molar-refractivity contribution in [1.29, 1.82) is 0 Å². The molecule has 0 radical (unpaired) electrons. The van der Waals surface area contributed by atoms with Crippen LogP contribution in [0.15, 0.2) is 42.5 Å². The van der Waals surface area contributed by atoms with Gasteiger partial charge in [0.1, 0.15) is 23.1 Å². The van der Waals surface area contributed by atoms with Gasteiger partial charge in [0.05, 0.1) is 17.7 Å². The molecule has 32 heavy (non-hydrogen) atoms. The highest BCUT2D eigenvalue weighted by molar-refractivity contribution is 6.30. The number of aliphatic hydroxyl groups excluding tert-OH is 1. The SMILES string of the molecule is CCOc1ccc(OCC(=O)NC[C@@H](O)CCNC(=O)COc2ccc(Cl)c(F)c2)cc1. The Morgan fingerprint density at radius 1 is 0.969 bits per heavy atom. The molecule has 2 rings (SSSR count). The molecule has 0 aliphatic carbocycles. The average Bonchev–Trinajstić information content (AvgIpc) is 2.78. The summed E-state index contributed by atoms with van der Waals surface area (Å²) in [6, 6.07) is 10.7. The van der Waals surface area contributed by atoms with Crippen molar-refractivity contribution < 1.29 is 33.3 Å². The number of hydrogen-bond donors (Lipinski definition) is 3. The number of ether oxygens (including phenoxy) is 3. The van der Waals surface area contributed by atoms with Crippen molar-refractivity contribution in [3.63, 3.8) is 0 Å². The third kappa shape index (κ3) is 9.40. The molecule has 0 heterocycles. The third-order valence-corrected chi connectivity index (χ3v) is 4.41. The van der Waals surface area contributed by atoms with Crippen molar-refractivity contribution in [1.82, 2.24) is 10.6 Å². The van der Waals surface area contributed by atoms with E-state index < -0.39 is 17.8 Å². The maximum absolute atomic E-state index is 13.3. The van der Waals surface area contributed by atoms with Crippen molar-refractivity contribution in [2.45, 2.75) is 19.4 Å². The van der Waals surface area contributed by atoms with Gasteiger partial charge >= 0.3 is 0 Å². The number of rotatable bonds is 13. The second kappa shape index (κ2) is 13.4. The largest absolute Gasteiger partial charge is 0.494 e. The summed E-state index contributed by atoms with van der Waals surface area (Å²) in [4.78, 5) is 23.6.